The zero-order valence-corrected chi connectivity index (χ0v) is 11.0. The summed E-state index contributed by atoms with van der Waals surface area (Å²) in [5, 5.41) is 13.0. The number of thiazole rings is 1. The van der Waals surface area contributed by atoms with Crippen LogP contribution in [-0.2, 0) is 6.42 Å². The van der Waals surface area contributed by atoms with Gasteiger partial charge in [-0.1, -0.05) is 13.8 Å². The van der Waals surface area contributed by atoms with Gasteiger partial charge in [0.15, 0.2) is 0 Å². The Hall–Kier alpha value is -0.410. The number of aliphatic hydroxyl groups is 1. The molecule has 0 spiro atoms. The molecule has 0 aliphatic heterocycles. The Morgan fingerprint density at radius 2 is 2.06 bits per heavy atom. The van der Waals surface area contributed by atoms with E-state index in [-0.39, 0.29) is 6.10 Å². The van der Waals surface area contributed by atoms with Crippen LogP contribution in [0.4, 0.5) is 0 Å². The minimum Gasteiger partial charge on any atom is -0.393 e. The van der Waals surface area contributed by atoms with Crippen LogP contribution >= 0.6 is 11.3 Å². The van der Waals surface area contributed by atoms with Crippen molar-refractivity contribution in [3.8, 4) is 0 Å². The van der Waals surface area contributed by atoms with E-state index in [0.717, 1.165) is 32.1 Å². The molecule has 0 unspecified atom stereocenters. The Morgan fingerprint density at radius 1 is 1.38 bits per heavy atom. The molecule has 1 aromatic heterocycles. The molecule has 90 valence electrons. The molecule has 1 aliphatic rings. The van der Waals surface area contributed by atoms with E-state index in [4.69, 9.17) is 4.98 Å². The zero-order chi connectivity index (χ0) is 11.5. The van der Waals surface area contributed by atoms with E-state index in [1.165, 1.54) is 10.7 Å². The van der Waals surface area contributed by atoms with E-state index < -0.39 is 0 Å². The van der Waals surface area contributed by atoms with Crippen LogP contribution in [0.5, 0.6) is 0 Å². The van der Waals surface area contributed by atoms with Gasteiger partial charge in [-0.05, 0) is 31.6 Å². The van der Waals surface area contributed by atoms with Crippen LogP contribution in [0.25, 0.3) is 0 Å². The highest BCUT2D eigenvalue weighted by Gasteiger charge is 2.22. The summed E-state index contributed by atoms with van der Waals surface area (Å²) in [5.74, 6) is 1.28. The fraction of sp³-hybridized carbons (Fsp3) is 0.769. The predicted octanol–water partition coefficient (Wildman–Crippen LogP) is 3.36. The molecule has 1 saturated carbocycles. The van der Waals surface area contributed by atoms with Gasteiger partial charge < -0.3 is 5.11 Å². The van der Waals surface area contributed by atoms with Crippen LogP contribution in [0.3, 0.4) is 0 Å². The number of hydrogen-bond donors (Lipinski definition) is 1. The third-order valence-corrected chi connectivity index (χ3v) is 4.16. The summed E-state index contributed by atoms with van der Waals surface area (Å²) < 4.78 is 0. The van der Waals surface area contributed by atoms with Gasteiger partial charge in [0.05, 0.1) is 16.8 Å². The largest absolute Gasteiger partial charge is 0.393 e. The third-order valence-electron chi connectivity index (χ3n) is 3.27. The van der Waals surface area contributed by atoms with Gasteiger partial charge in [0.2, 0.25) is 0 Å². The van der Waals surface area contributed by atoms with Crippen LogP contribution in [-0.4, -0.2) is 16.2 Å². The minimum atomic E-state index is -0.0648. The fourth-order valence-corrected chi connectivity index (χ4v) is 3.42. The maximum atomic E-state index is 9.48. The summed E-state index contributed by atoms with van der Waals surface area (Å²) in [4.78, 5) is 4.74. The van der Waals surface area contributed by atoms with Crippen LogP contribution in [0.1, 0.15) is 56.2 Å². The molecule has 1 aromatic rings. The summed E-state index contributed by atoms with van der Waals surface area (Å²) >= 11 is 1.80. The molecule has 1 aliphatic carbocycles. The average molecular weight is 239 g/mol. The van der Waals surface area contributed by atoms with Gasteiger partial charge in [-0.3, -0.25) is 0 Å². The van der Waals surface area contributed by atoms with Crippen molar-refractivity contribution in [3.05, 3.63) is 16.1 Å². The Balaban J connectivity index is 1.96. The molecule has 1 N–H and O–H groups in total. The zero-order valence-electron chi connectivity index (χ0n) is 10.1. The fourth-order valence-electron chi connectivity index (χ4n) is 2.33. The Bertz CT molecular complexity index is 326. The number of aliphatic hydroxyl groups excluding tert-OH is 1. The monoisotopic (exact) mass is 239 g/mol. The van der Waals surface area contributed by atoms with Gasteiger partial charge in [-0.15, -0.1) is 11.3 Å². The van der Waals surface area contributed by atoms with Crippen LogP contribution in [0.2, 0.25) is 0 Å². The molecule has 0 aromatic carbocycles. The Kier molecular flexibility index (Phi) is 3.98. The molecular formula is C13H21NOS. The normalized spacial score (nSPS) is 26.2. The lowest BCUT2D eigenvalue weighted by Crippen LogP contribution is -2.17. The number of hydrogen-bond acceptors (Lipinski definition) is 3. The summed E-state index contributed by atoms with van der Waals surface area (Å²) in [6.07, 6.45) is 5.13. The first-order valence-electron chi connectivity index (χ1n) is 6.27. The van der Waals surface area contributed by atoms with Gasteiger partial charge in [0.25, 0.3) is 0 Å². The van der Waals surface area contributed by atoms with Gasteiger partial charge in [0.1, 0.15) is 0 Å². The molecule has 0 saturated heterocycles. The van der Waals surface area contributed by atoms with Crippen molar-refractivity contribution in [2.75, 3.05) is 0 Å². The second-order valence-electron chi connectivity index (χ2n) is 5.27. The molecule has 0 amide bonds. The maximum Gasteiger partial charge on any atom is 0.0930 e. The number of rotatable bonds is 3. The SMILES string of the molecule is CC(C)Cc1nc(C2CCC(O)CC2)cs1. The highest BCUT2D eigenvalue weighted by molar-refractivity contribution is 7.09. The third kappa shape index (κ3) is 3.05. The lowest BCUT2D eigenvalue weighted by molar-refractivity contribution is 0.122. The van der Waals surface area contributed by atoms with E-state index in [1.807, 2.05) is 0 Å². The molecule has 3 heteroatoms. The van der Waals surface area contributed by atoms with E-state index >= 15 is 0 Å². The molecule has 16 heavy (non-hydrogen) atoms. The highest BCUT2D eigenvalue weighted by atomic mass is 32.1. The molecule has 0 bridgehead atoms. The van der Waals surface area contributed by atoms with Crippen molar-refractivity contribution in [1.82, 2.24) is 4.98 Å². The first kappa shape index (κ1) is 12.1. The first-order chi connectivity index (χ1) is 7.65. The first-order valence-corrected chi connectivity index (χ1v) is 7.15. The average Bonchev–Trinajstić information content (AvgIpc) is 2.66. The lowest BCUT2D eigenvalue weighted by atomic mass is 9.86. The van der Waals surface area contributed by atoms with E-state index in [1.54, 1.807) is 11.3 Å². The van der Waals surface area contributed by atoms with Gasteiger partial charge >= 0.3 is 0 Å². The quantitative estimate of drug-likeness (QED) is 0.877. The molecule has 2 rings (SSSR count). The highest BCUT2D eigenvalue weighted by Crippen LogP contribution is 2.33. The molecular weight excluding hydrogens is 218 g/mol. The van der Waals surface area contributed by atoms with Crippen molar-refractivity contribution in [1.29, 1.82) is 0 Å². The predicted molar refractivity (Wildman–Crippen MR) is 67.9 cm³/mol. The van der Waals surface area contributed by atoms with Crippen LogP contribution < -0.4 is 0 Å². The van der Waals surface area contributed by atoms with Gasteiger partial charge in [-0.2, -0.15) is 0 Å². The summed E-state index contributed by atoms with van der Waals surface area (Å²) in [6, 6.07) is 0. The van der Waals surface area contributed by atoms with Crippen LogP contribution in [0.15, 0.2) is 5.38 Å². The molecule has 1 fully saturated rings. The maximum absolute atomic E-state index is 9.48. The second kappa shape index (κ2) is 5.28. The standard InChI is InChI=1S/C13H21NOS/c1-9(2)7-13-14-12(8-16-13)10-3-5-11(15)6-4-10/h8-11,15H,3-7H2,1-2H3. The smallest absolute Gasteiger partial charge is 0.0930 e. The van der Waals surface area contributed by atoms with Crippen molar-refractivity contribution in [3.63, 3.8) is 0 Å². The minimum absolute atomic E-state index is 0.0648. The lowest BCUT2D eigenvalue weighted by Gasteiger charge is -2.23. The number of nitrogens with zero attached hydrogens (tertiary/aromatic N) is 1. The van der Waals surface area contributed by atoms with Crippen molar-refractivity contribution in [2.45, 2.75) is 58.0 Å². The summed E-state index contributed by atoms with van der Waals surface area (Å²) in [6.45, 7) is 4.47. The van der Waals surface area contributed by atoms with Crippen molar-refractivity contribution in [2.24, 2.45) is 5.92 Å². The summed E-state index contributed by atoms with van der Waals surface area (Å²) in [7, 11) is 0. The molecule has 0 atom stereocenters. The van der Waals surface area contributed by atoms with E-state index in [9.17, 15) is 5.11 Å². The second-order valence-corrected chi connectivity index (χ2v) is 6.21. The van der Waals surface area contributed by atoms with Crippen molar-refractivity contribution >= 4 is 11.3 Å². The molecule has 0 radical (unpaired) electrons. The summed E-state index contributed by atoms with van der Waals surface area (Å²) in [5.41, 5.74) is 1.27. The van der Waals surface area contributed by atoms with Crippen LogP contribution in [0, 0.1) is 5.92 Å². The van der Waals surface area contributed by atoms with Gasteiger partial charge in [0, 0.05) is 17.7 Å². The van der Waals surface area contributed by atoms with Gasteiger partial charge in [-0.25, -0.2) is 4.98 Å². The van der Waals surface area contributed by atoms with E-state index in [0.29, 0.717) is 11.8 Å². The molecule has 1 heterocycles. The Labute approximate surface area is 102 Å². The topological polar surface area (TPSA) is 33.1 Å². The molecule has 2 nitrogen and oxygen atoms in total. The van der Waals surface area contributed by atoms with E-state index in [2.05, 4.69) is 19.2 Å². The number of aromatic nitrogens is 1. The van der Waals surface area contributed by atoms with Crippen molar-refractivity contribution < 1.29 is 5.11 Å². The Morgan fingerprint density at radius 3 is 2.69 bits per heavy atom.